The van der Waals surface area contributed by atoms with E-state index in [-0.39, 0.29) is 58.9 Å². The molecule has 7 nitrogen and oxygen atoms in total. The van der Waals surface area contributed by atoms with Gasteiger partial charge in [0.15, 0.2) is 17.3 Å². The lowest BCUT2D eigenvalue weighted by Gasteiger charge is -2.13. The number of carboxylic acid groups (broad SMARTS) is 1. The van der Waals surface area contributed by atoms with Crippen LogP contribution in [0.5, 0.6) is 11.5 Å². The largest absolute Gasteiger partial charge is 0.477 e. The van der Waals surface area contributed by atoms with Crippen LogP contribution < -0.4 is 9.47 Å². The number of carboxylic acids is 1. The van der Waals surface area contributed by atoms with Gasteiger partial charge in [-0.2, -0.15) is 0 Å². The molecule has 1 aliphatic carbocycles. The molecule has 0 amide bonds. The standard InChI is InChI=1S/C25H15ClFNO6/c26-15-8-20-19(33-11-34-20)7-12(15)10-28-17-9-16(27)13-5-6-32-24(13)22(17)21(23(28)25(30)31)14-3-1-2-4-18(14)29/h1-3,5-9H,4,10-11H2,(H,30,31). The van der Waals surface area contributed by atoms with Crippen LogP contribution in [-0.4, -0.2) is 28.2 Å². The predicted molar refractivity (Wildman–Crippen MR) is 122 cm³/mol. The number of carbonyl (C=O) groups excluding carboxylic acids is 1. The number of ether oxygens (including phenoxy) is 2. The van der Waals surface area contributed by atoms with Gasteiger partial charge in [0.2, 0.25) is 6.79 Å². The van der Waals surface area contributed by atoms with Crippen LogP contribution in [0.25, 0.3) is 27.4 Å². The number of carbonyl (C=O) groups is 2. The summed E-state index contributed by atoms with van der Waals surface area (Å²) in [5.74, 6) is -1.12. The Balaban J connectivity index is 1.69. The smallest absolute Gasteiger partial charge is 0.353 e. The number of rotatable bonds is 4. The number of hydrogen-bond acceptors (Lipinski definition) is 5. The second-order valence-corrected chi connectivity index (χ2v) is 8.37. The van der Waals surface area contributed by atoms with Gasteiger partial charge in [-0.3, -0.25) is 4.79 Å². The average molecular weight is 480 g/mol. The van der Waals surface area contributed by atoms with Gasteiger partial charge in [0.25, 0.3) is 0 Å². The van der Waals surface area contributed by atoms with Crippen LogP contribution in [0.1, 0.15) is 28.0 Å². The van der Waals surface area contributed by atoms with Crippen molar-refractivity contribution >= 4 is 50.8 Å². The highest BCUT2D eigenvalue weighted by molar-refractivity contribution is 6.32. The van der Waals surface area contributed by atoms with E-state index >= 15 is 4.39 Å². The number of nitrogens with zero attached hydrogens (tertiary/aromatic N) is 1. The molecule has 2 aromatic carbocycles. The third-order valence-corrected chi connectivity index (χ3v) is 6.41. The van der Waals surface area contributed by atoms with Gasteiger partial charge < -0.3 is 23.6 Å². The lowest BCUT2D eigenvalue weighted by molar-refractivity contribution is -0.113. The van der Waals surface area contributed by atoms with Gasteiger partial charge in [0.05, 0.1) is 29.1 Å². The van der Waals surface area contributed by atoms with Crippen LogP contribution in [0.2, 0.25) is 5.02 Å². The molecule has 2 aliphatic rings. The number of allylic oxidation sites excluding steroid dienone is 4. The zero-order chi connectivity index (χ0) is 23.6. The molecule has 0 unspecified atom stereocenters. The summed E-state index contributed by atoms with van der Waals surface area (Å²) in [6, 6.07) is 5.98. The first kappa shape index (κ1) is 20.6. The highest BCUT2D eigenvalue weighted by atomic mass is 35.5. The molecule has 0 atom stereocenters. The van der Waals surface area contributed by atoms with Crippen molar-refractivity contribution < 1.29 is 33.0 Å². The molecule has 2 aromatic heterocycles. The molecule has 3 heterocycles. The molecular formula is C25H15ClFNO6. The fourth-order valence-corrected chi connectivity index (χ4v) is 4.78. The number of ketones is 1. The third kappa shape index (κ3) is 2.95. The Morgan fingerprint density at radius 3 is 2.76 bits per heavy atom. The van der Waals surface area contributed by atoms with E-state index in [1.165, 1.54) is 23.0 Å². The molecule has 0 radical (unpaired) electrons. The number of halogens is 2. The summed E-state index contributed by atoms with van der Waals surface area (Å²) in [7, 11) is 0. The van der Waals surface area contributed by atoms with Gasteiger partial charge >= 0.3 is 5.97 Å². The van der Waals surface area contributed by atoms with Crippen molar-refractivity contribution in [2.24, 2.45) is 0 Å². The maximum Gasteiger partial charge on any atom is 0.353 e. The molecule has 0 spiro atoms. The number of furan rings is 1. The molecule has 4 aromatic rings. The summed E-state index contributed by atoms with van der Waals surface area (Å²) in [5, 5.41) is 11.2. The maximum absolute atomic E-state index is 15.0. The summed E-state index contributed by atoms with van der Waals surface area (Å²) in [6.45, 7) is 0.0358. The zero-order valence-corrected chi connectivity index (χ0v) is 18.2. The number of aromatic nitrogens is 1. The molecule has 9 heteroatoms. The van der Waals surface area contributed by atoms with Crippen molar-refractivity contribution in [3.05, 3.63) is 76.4 Å². The van der Waals surface area contributed by atoms with Gasteiger partial charge in [-0.15, -0.1) is 0 Å². The highest BCUT2D eigenvalue weighted by Crippen LogP contribution is 2.42. The van der Waals surface area contributed by atoms with E-state index in [4.69, 9.17) is 25.5 Å². The van der Waals surface area contributed by atoms with Gasteiger partial charge in [-0.25, -0.2) is 9.18 Å². The van der Waals surface area contributed by atoms with Gasteiger partial charge in [0.1, 0.15) is 17.1 Å². The Labute approximate surface area is 196 Å². The lowest BCUT2D eigenvalue weighted by atomic mass is 9.93. The normalized spacial score (nSPS) is 14.9. The van der Waals surface area contributed by atoms with E-state index in [0.717, 1.165) is 0 Å². The highest BCUT2D eigenvalue weighted by Gasteiger charge is 2.31. The van der Waals surface area contributed by atoms with E-state index in [9.17, 15) is 14.7 Å². The van der Waals surface area contributed by atoms with Gasteiger partial charge in [-0.1, -0.05) is 29.8 Å². The van der Waals surface area contributed by atoms with Crippen LogP contribution >= 0.6 is 11.6 Å². The first-order valence-electron chi connectivity index (χ1n) is 10.4. The first-order valence-corrected chi connectivity index (χ1v) is 10.8. The van der Waals surface area contributed by atoms with Crippen LogP contribution in [0.15, 0.2) is 53.2 Å². The summed E-state index contributed by atoms with van der Waals surface area (Å²) in [6.07, 6.45) is 6.43. The molecular weight excluding hydrogens is 465 g/mol. The molecule has 6 rings (SSSR count). The Bertz CT molecular complexity index is 1610. The monoisotopic (exact) mass is 479 g/mol. The van der Waals surface area contributed by atoms with Crippen LogP contribution in [0.3, 0.4) is 0 Å². The van der Waals surface area contributed by atoms with Gasteiger partial charge in [-0.05, 0) is 23.8 Å². The number of aromatic carboxylic acids is 1. The summed E-state index contributed by atoms with van der Waals surface area (Å²) >= 11 is 6.46. The molecule has 170 valence electrons. The maximum atomic E-state index is 15.0. The number of fused-ring (bicyclic) bond motifs is 4. The van der Waals surface area contributed by atoms with E-state index in [2.05, 4.69) is 0 Å². The van der Waals surface area contributed by atoms with Crippen molar-refractivity contribution in [2.45, 2.75) is 13.0 Å². The molecule has 0 fully saturated rings. The first-order chi connectivity index (χ1) is 16.4. The minimum Gasteiger partial charge on any atom is -0.477 e. The fourth-order valence-electron chi connectivity index (χ4n) is 4.57. The van der Waals surface area contributed by atoms with Crippen molar-refractivity contribution in [2.75, 3.05) is 6.79 Å². The molecule has 0 bridgehead atoms. The third-order valence-electron chi connectivity index (χ3n) is 6.06. The number of Topliss-reactive ketones (excluding diaryl/α,β-unsaturated/α-hetero) is 1. The quantitative estimate of drug-likeness (QED) is 0.411. The van der Waals surface area contributed by atoms with Crippen molar-refractivity contribution in [1.82, 2.24) is 4.57 Å². The number of hydrogen-bond donors (Lipinski definition) is 1. The van der Waals surface area contributed by atoms with E-state index in [1.54, 1.807) is 30.4 Å². The second kappa shape index (κ2) is 7.50. The summed E-state index contributed by atoms with van der Waals surface area (Å²) in [5.41, 5.74) is 1.23. The molecule has 0 saturated carbocycles. The molecule has 1 N–H and O–H groups in total. The van der Waals surface area contributed by atoms with Crippen molar-refractivity contribution in [3.8, 4) is 11.5 Å². The van der Waals surface area contributed by atoms with E-state index in [1.807, 2.05) is 0 Å². The van der Waals surface area contributed by atoms with Gasteiger partial charge in [0, 0.05) is 28.6 Å². The molecule has 1 aliphatic heterocycles. The second-order valence-electron chi connectivity index (χ2n) is 7.96. The zero-order valence-electron chi connectivity index (χ0n) is 17.4. The Kier molecular flexibility index (Phi) is 4.53. The SMILES string of the molecule is O=C1CC=CC=C1c1c(C(=O)O)n(Cc2cc3c(cc2Cl)OCO3)c2cc(F)c3ccoc3c12. The van der Waals surface area contributed by atoms with E-state index in [0.29, 0.717) is 27.5 Å². The molecule has 0 saturated heterocycles. The van der Waals surface area contributed by atoms with Crippen LogP contribution in [0.4, 0.5) is 4.39 Å². The number of benzene rings is 2. The summed E-state index contributed by atoms with van der Waals surface area (Å²) < 4.78 is 32.8. The fraction of sp³-hybridized carbons (Fsp3) is 0.120. The Hall–Kier alpha value is -4.04. The predicted octanol–water partition coefficient (Wildman–Crippen LogP) is 5.57. The molecule has 34 heavy (non-hydrogen) atoms. The Morgan fingerprint density at radius 2 is 2.00 bits per heavy atom. The van der Waals surface area contributed by atoms with Crippen molar-refractivity contribution in [3.63, 3.8) is 0 Å². The topological polar surface area (TPSA) is 90.9 Å². The summed E-state index contributed by atoms with van der Waals surface area (Å²) in [4.78, 5) is 25.4. The van der Waals surface area contributed by atoms with Crippen LogP contribution in [-0.2, 0) is 11.3 Å². The van der Waals surface area contributed by atoms with Crippen LogP contribution in [0, 0.1) is 5.82 Å². The lowest BCUT2D eigenvalue weighted by Crippen LogP contribution is -2.13. The van der Waals surface area contributed by atoms with E-state index < -0.39 is 11.8 Å². The minimum absolute atomic E-state index is 0.0173. The van der Waals surface area contributed by atoms with Crippen molar-refractivity contribution in [1.29, 1.82) is 0 Å². The Morgan fingerprint density at radius 1 is 1.21 bits per heavy atom. The minimum atomic E-state index is -1.27. The average Bonchev–Trinajstić information content (AvgIpc) is 3.52.